The zero-order valence-corrected chi connectivity index (χ0v) is 20.8. The monoisotopic (exact) mass is 458 g/mol. The first kappa shape index (κ1) is 22.8. The van der Waals surface area contributed by atoms with E-state index >= 15 is 0 Å². The molecule has 1 aliphatic carbocycles. The van der Waals surface area contributed by atoms with Crippen LogP contribution in [-0.4, -0.2) is 22.1 Å². The number of phenolic OH excluding ortho intramolecular Hbond substituents is 1. The number of aromatic hydroxyl groups is 1. The molecular weight excluding hydrogens is 424 g/mol. The van der Waals surface area contributed by atoms with Crippen molar-refractivity contribution in [3.05, 3.63) is 70.3 Å². The molecule has 2 heterocycles. The Morgan fingerprint density at radius 2 is 1.85 bits per heavy atom. The van der Waals surface area contributed by atoms with E-state index in [9.17, 15) is 9.90 Å². The minimum atomic E-state index is -0.431. The van der Waals surface area contributed by atoms with Gasteiger partial charge in [-0.2, -0.15) is 0 Å². The van der Waals surface area contributed by atoms with Crippen molar-refractivity contribution in [3.63, 3.8) is 0 Å². The molecule has 1 N–H and O–H groups in total. The lowest BCUT2D eigenvalue weighted by Crippen LogP contribution is -2.54. The van der Waals surface area contributed by atoms with E-state index in [-0.39, 0.29) is 28.6 Å². The van der Waals surface area contributed by atoms with E-state index in [1.165, 1.54) is 6.08 Å². The van der Waals surface area contributed by atoms with Crippen molar-refractivity contribution in [2.45, 2.75) is 77.4 Å². The van der Waals surface area contributed by atoms with Crippen LogP contribution in [0.1, 0.15) is 86.8 Å². The predicted octanol–water partition coefficient (Wildman–Crippen LogP) is 7.00. The molecule has 3 aliphatic rings. The first-order valence-corrected chi connectivity index (χ1v) is 12.3. The normalized spacial score (nSPS) is 25.9. The molecule has 2 aliphatic heterocycles. The van der Waals surface area contributed by atoms with Crippen LogP contribution in [0.5, 0.6) is 17.2 Å². The van der Waals surface area contributed by atoms with Gasteiger partial charge in [0.1, 0.15) is 34.0 Å². The molecule has 34 heavy (non-hydrogen) atoms. The number of allylic oxidation sites excluding steroid dienone is 3. The molecular formula is C30H34O4. The van der Waals surface area contributed by atoms with Crippen molar-refractivity contribution in [1.29, 1.82) is 0 Å². The topological polar surface area (TPSA) is 55.8 Å². The van der Waals surface area contributed by atoms with E-state index in [0.29, 0.717) is 23.7 Å². The average Bonchev–Trinajstić information content (AvgIpc) is 2.76. The summed E-state index contributed by atoms with van der Waals surface area (Å²) in [5.41, 5.74) is 3.32. The van der Waals surface area contributed by atoms with Crippen molar-refractivity contribution in [2.75, 3.05) is 0 Å². The summed E-state index contributed by atoms with van der Waals surface area (Å²) in [7, 11) is 0. The third-order valence-electron chi connectivity index (χ3n) is 7.80. The van der Waals surface area contributed by atoms with Crippen LogP contribution >= 0.6 is 0 Å². The van der Waals surface area contributed by atoms with Crippen LogP contribution in [0.3, 0.4) is 0 Å². The Morgan fingerprint density at radius 3 is 2.56 bits per heavy atom. The standard InChI is InChI=1S/C30H34O4/c1-18(2)11-13-20-26(32)25(23(31)14-12-19-9-7-6-8-10-19)28-24-21-17-30(5,34-27(20)24)16-15-22(21)29(3,4)33-28/h6-12,14,21-22,32H,13,15-17H2,1-5H3/b14-12+/t21-,22+,30-/m1/s1. The van der Waals surface area contributed by atoms with Gasteiger partial charge >= 0.3 is 0 Å². The molecule has 0 spiro atoms. The van der Waals surface area contributed by atoms with Gasteiger partial charge in [0.15, 0.2) is 5.78 Å². The number of ether oxygens (including phenoxy) is 2. The van der Waals surface area contributed by atoms with E-state index in [2.05, 4.69) is 26.8 Å². The molecule has 2 bridgehead atoms. The van der Waals surface area contributed by atoms with Crippen molar-refractivity contribution in [2.24, 2.45) is 5.92 Å². The van der Waals surface area contributed by atoms with Crippen LogP contribution < -0.4 is 9.47 Å². The molecule has 5 rings (SSSR count). The summed E-state index contributed by atoms with van der Waals surface area (Å²) in [5, 5.41) is 11.5. The number of carbonyl (C=O) groups excluding carboxylic acids is 1. The van der Waals surface area contributed by atoms with Gasteiger partial charge in [-0.05, 0) is 71.9 Å². The summed E-state index contributed by atoms with van der Waals surface area (Å²) in [6.45, 7) is 10.5. The van der Waals surface area contributed by atoms with Crippen molar-refractivity contribution < 1.29 is 19.4 Å². The van der Waals surface area contributed by atoms with Crippen LogP contribution in [0.25, 0.3) is 6.08 Å². The second kappa shape index (κ2) is 8.04. The lowest BCUT2D eigenvalue weighted by molar-refractivity contribution is -0.0735. The zero-order valence-electron chi connectivity index (χ0n) is 20.8. The van der Waals surface area contributed by atoms with Gasteiger partial charge in [0, 0.05) is 23.0 Å². The fourth-order valence-electron chi connectivity index (χ4n) is 6.05. The van der Waals surface area contributed by atoms with Gasteiger partial charge in [-0.1, -0.05) is 48.1 Å². The second-order valence-electron chi connectivity index (χ2n) is 11.1. The molecule has 0 amide bonds. The maximum Gasteiger partial charge on any atom is 0.193 e. The van der Waals surface area contributed by atoms with Gasteiger partial charge in [0.2, 0.25) is 0 Å². The van der Waals surface area contributed by atoms with E-state index in [0.717, 1.165) is 41.7 Å². The van der Waals surface area contributed by atoms with Gasteiger partial charge < -0.3 is 14.6 Å². The molecule has 178 valence electrons. The van der Waals surface area contributed by atoms with Gasteiger partial charge in [0.25, 0.3) is 0 Å². The van der Waals surface area contributed by atoms with E-state index in [4.69, 9.17) is 9.47 Å². The summed E-state index contributed by atoms with van der Waals surface area (Å²) < 4.78 is 13.2. The summed E-state index contributed by atoms with van der Waals surface area (Å²) in [5.74, 6) is 1.55. The number of hydrogen-bond donors (Lipinski definition) is 1. The number of benzene rings is 2. The molecule has 4 nitrogen and oxygen atoms in total. The minimum absolute atomic E-state index is 0.0215. The summed E-state index contributed by atoms with van der Waals surface area (Å²) >= 11 is 0. The smallest absolute Gasteiger partial charge is 0.193 e. The largest absolute Gasteiger partial charge is 0.507 e. The Labute approximate surface area is 202 Å². The number of fused-ring (bicyclic) bond motifs is 1. The molecule has 1 fully saturated rings. The maximum absolute atomic E-state index is 13.6. The molecule has 2 aromatic carbocycles. The highest BCUT2D eigenvalue weighted by Gasteiger charge is 2.55. The number of phenols is 1. The molecule has 0 unspecified atom stereocenters. The van der Waals surface area contributed by atoms with Crippen LogP contribution in [0, 0.1) is 5.92 Å². The highest BCUT2D eigenvalue weighted by atomic mass is 16.5. The van der Waals surface area contributed by atoms with E-state index in [1.54, 1.807) is 6.08 Å². The van der Waals surface area contributed by atoms with Gasteiger partial charge in [-0.15, -0.1) is 0 Å². The number of hydrogen-bond acceptors (Lipinski definition) is 4. The first-order chi connectivity index (χ1) is 16.1. The van der Waals surface area contributed by atoms with Crippen LogP contribution in [0.15, 0.2) is 48.1 Å². The van der Waals surface area contributed by atoms with E-state index < -0.39 is 5.60 Å². The molecule has 1 saturated carbocycles. The van der Waals surface area contributed by atoms with Crippen LogP contribution in [-0.2, 0) is 6.42 Å². The minimum Gasteiger partial charge on any atom is -0.507 e. The number of ketones is 1. The zero-order chi connectivity index (χ0) is 24.3. The summed E-state index contributed by atoms with van der Waals surface area (Å²) in [4.78, 5) is 13.6. The maximum atomic E-state index is 13.6. The summed E-state index contributed by atoms with van der Waals surface area (Å²) in [6.07, 6.45) is 8.80. The van der Waals surface area contributed by atoms with E-state index in [1.807, 2.05) is 44.2 Å². The van der Waals surface area contributed by atoms with Crippen molar-refractivity contribution in [3.8, 4) is 17.2 Å². The molecule has 0 saturated heterocycles. The third-order valence-corrected chi connectivity index (χ3v) is 7.80. The quantitative estimate of drug-likeness (QED) is 0.298. The lowest BCUT2D eigenvalue weighted by atomic mass is 9.61. The molecule has 0 aromatic heterocycles. The fourth-order valence-corrected chi connectivity index (χ4v) is 6.05. The van der Waals surface area contributed by atoms with Gasteiger partial charge in [-0.25, -0.2) is 0 Å². The van der Waals surface area contributed by atoms with Crippen molar-refractivity contribution in [1.82, 2.24) is 0 Å². The Kier molecular flexibility index (Phi) is 5.38. The highest BCUT2D eigenvalue weighted by Crippen LogP contribution is 2.63. The fraction of sp³-hybridized carbons (Fsp3) is 0.433. The third kappa shape index (κ3) is 3.73. The Hall–Kier alpha value is -3.01. The number of rotatable bonds is 5. The molecule has 2 aromatic rings. The second-order valence-corrected chi connectivity index (χ2v) is 11.1. The predicted molar refractivity (Wildman–Crippen MR) is 135 cm³/mol. The van der Waals surface area contributed by atoms with Crippen LogP contribution in [0.2, 0.25) is 0 Å². The Morgan fingerprint density at radius 1 is 1.12 bits per heavy atom. The number of carbonyl (C=O) groups is 1. The van der Waals surface area contributed by atoms with Crippen LogP contribution in [0.4, 0.5) is 0 Å². The molecule has 4 heteroatoms. The SMILES string of the molecule is CC(C)=CCc1c(O)c(C(=O)/C=C/c2ccccc2)c2c3c1O[C@]1(C)CC[C@@H]([C@H]3C1)C(C)(C)O2. The van der Waals surface area contributed by atoms with Crippen molar-refractivity contribution >= 4 is 11.9 Å². The highest BCUT2D eigenvalue weighted by molar-refractivity contribution is 6.11. The Balaban J connectivity index is 1.72. The molecule has 0 radical (unpaired) electrons. The lowest BCUT2D eigenvalue weighted by Gasteiger charge is -2.55. The van der Waals surface area contributed by atoms with Gasteiger partial charge in [0.05, 0.1) is 0 Å². The average molecular weight is 459 g/mol. The summed E-state index contributed by atoms with van der Waals surface area (Å²) in [6, 6.07) is 9.71. The van der Waals surface area contributed by atoms with Gasteiger partial charge in [-0.3, -0.25) is 4.79 Å². The first-order valence-electron chi connectivity index (χ1n) is 12.3. The Bertz CT molecular complexity index is 1200. The molecule has 3 atom stereocenters.